The SMILES string of the molecule is [2H]c1c([2H])c([2H])c(-c2ccc(-c3nc(-c4cccc5c4oc4c(-c6ccccc6)cccc45)nc(-c4cccc5c4sc4cccc(-c6cccs6)c45)n3)cc2)c([2H])c1[2H]. The van der Waals surface area contributed by atoms with E-state index < -0.39 is 6.04 Å². The number of aromatic nitrogens is 3. The Labute approximate surface area is 331 Å². The molecule has 258 valence electrons. The second kappa shape index (κ2) is 13.0. The number of benzene rings is 7. The Kier molecular flexibility index (Phi) is 6.36. The van der Waals surface area contributed by atoms with Crippen LogP contribution in [0.4, 0.5) is 0 Å². The van der Waals surface area contributed by atoms with Gasteiger partial charge in [-0.1, -0.05) is 145 Å². The van der Waals surface area contributed by atoms with Gasteiger partial charge in [-0.3, -0.25) is 0 Å². The molecule has 0 aliphatic carbocycles. The lowest BCUT2D eigenvalue weighted by Crippen LogP contribution is -2.00. The minimum absolute atomic E-state index is 0.134. The first kappa shape index (κ1) is 26.9. The minimum Gasteiger partial charge on any atom is -0.455 e. The molecule has 0 spiro atoms. The van der Waals surface area contributed by atoms with E-state index in [1.54, 1.807) is 34.8 Å². The summed E-state index contributed by atoms with van der Waals surface area (Å²) in [4.78, 5) is 16.7. The van der Waals surface area contributed by atoms with Crippen LogP contribution in [0.5, 0.6) is 0 Å². The summed E-state index contributed by atoms with van der Waals surface area (Å²) < 4.78 is 50.6. The Morgan fingerprint density at radius 2 is 1.09 bits per heavy atom. The average Bonchev–Trinajstić information content (AvgIpc) is 4.06. The quantitative estimate of drug-likeness (QED) is 0.170. The van der Waals surface area contributed by atoms with Crippen LogP contribution >= 0.6 is 22.7 Å². The maximum atomic E-state index is 8.55. The van der Waals surface area contributed by atoms with E-state index in [4.69, 9.17) is 26.2 Å². The van der Waals surface area contributed by atoms with Gasteiger partial charge in [-0.2, -0.15) is 0 Å². The standard InChI is InChI=1S/C49H29N3OS2/c1-3-12-30(13-4-1)31-25-27-33(28-26-31)47-50-48(39-21-8-18-36-35-17-7-16-34(44(35)53-45(36)39)32-14-5-2-6-15-32)52-49(51-47)40-22-9-20-38-43-37(41-24-11-29-54-41)19-10-23-42(43)55-46(38)40/h1-29H/i1D,3D,4D,12D,13D. The van der Waals surface area contributed by atoms with E-state index in [2.05, 4.69) is 90.3 Å². The van der Waals surface area contributed by atoms with Crippen molar-refractivity contribution in [2.24, 2.45) is 0 Å². The van der Waals surface area contributed by atoms with Gasteiger partial charge >= 0.3 is 0 Å². The van der Waals surface area contributed by atoms with Gasteiger partial charge in [-0.05, 0) is 46.3 Å². The molecule has 4 aromatic heterocycles. The van der Waals surface area contributed by atoms with E-state index in [0.29, 0.717) is 39.7 Å². The molecule has 0 amide bonds. The number of nitrogens with zero attached hydrogens (tertiary/aromatic N) is 3. The highest BCUT2D eigenvalue weighted by molar-refractivity contribution is 7.26. The lowest BCUT2D eigenvalue weighted by Gasteiger charge is -2.10. The van der Waals surface area contributed by atoms with Crippen LogP contribution in [0.1, 0.15) is 6.85 Å². The number of hydrogen-bond acceptors (Lipinski definition) is 6. The molecule has 4 heterocycles. The number of thiophene rings is 2. The minimum atomic E-state index is -0.428. The van der Waals surface area contributed by atoms with Crippen molar-refractivity contribution >= 4 is 64.8 Å². The average molecular weight is 745 g/mol. The van der Waals surface area contributed by atoms with Crippen LogP contribution < -0.4 is 0 Å². The molecule has 55 heavy (non-hydrogen) atoms. The molecule has 0 saturated carbocycles. The summed E-state index contributed by atoms with van der Waals surface area (Å²) in [7, 11) is 0. The molecular weight excluding hydrogens is 711 g/mol. The van der Waals surface area contributed by atoms with Crippen molar-refractivity contribution in [3.63, 3.8) is 0 Å². The van der Waals surface area contributed by atoms with Crippen LogP contribution in [0.2, 0.25) is 0 Å². The third-order valence-corrected chi connectivity index (χ3v) is 12.1. The molecule has 11 aromatic rings. The first-order valence-electron chi connectivity index (χ1n) is 20.3. The first-order chi connectivity index (χ1) is 29.3. The molecule has 6 heteroatoms. The maximum Gasteiger partial charge on any atom is 0.167 e. The summed E-state index contributed by atoms with van der Waals surface area (Å²) in [5.41, 5.74) is 7.55. The van der Waals surface area contributed by atoms with E-state index in [9.17, 15) is 0 Å². The fourth-order valence-electron chi connectivity index (χ4n) is 7.43. The number of furan rings is 1. The molecule has 0 N–H and O–H groups in total. The lowest BCUT2D eigenvalue weighted by atomic mass is 10.0. The highest BCUT2D eigenvalue weighted by Crippen LogP contribution is 2.45. The second-order valence-corrected chi connectivity index (χ2v) is 15.2. The van der Waals surface area contributed by atoms with Gasteiger partial charge in [-0.15, -0.1) is 22.7 Å². The molecule has 0 aliphatic heterocycles. The smallest absolute Gasteiger partial charge is 0.167 e. The summed E-state index contributed by atoms with van der Waals surface area (Å²) >= 11 is 3.44. The van der Waals surface area contributed by atoms with Gasteiger partial charge in [0.25, 0.3) is 0 Å². The van der Waals surface area contributed by atoms with Gasteiger partial charge in [0.05, 0.1) is 12.4 Å². The maximum absolute atomic E-state index is 8.55. The molecule has 0 atom stereocenters. The Balaban J connectivity index is 1.13. The normalized spacial score (nSPS) is 12.9. The van der Waals surface area contributed by atoms with Crippen LogP contribution in [-0.4, -0.2) is 15.0 Å². The molecule has 7 aromatic carbocycles. The zero-order chi connectivity index (χ0) is 40.6. The monoisotopic (exact) mass is 744 g/mol. The third kappa shape index (κ3) is 5.37. The largest absolute Gasteiger partial charge is 0.455 e. The highest BCUT2D eigenvalue weighted by Gasteiger charge is 2.21. The first-order valence-corrected chi connectivity index (χ1v) is 19.5. The van der Waals surface area contributed by atoms with Gasteiger partial charge in [0.15, 0.2) is 17.5 Å². The van der Waals surface area contributed by atoms with Crippen LogP contribution in [0.3, 0.4) is 0 Å². The van der Waals surface area contributed by atoms with Crippen molar-refractivity contribution in [3.05, 3.63) is 175 Å². The van der Waals surface area contributed by atoms with Crippen molar-refractivity contribution in [1.29, 1.82) is 0 Å². The summed E-state index contributed by atoms with van der Waals surface area (Å²) in [5.74, 6) is 1.35. The van der Waals surface area contributed by atoms with Crippen molar-refractivity contribution < 1.29 is 11.3 Å². The Morgan fingerprint density at radius 1 is 0.455 bits per heavy atom. The summed E-state index contributed by atoms with van der Waals surface area (Å²) in [6, 6.07) is 44.8. The van der Waals surface area contributed by atoms with Gasteiger partial charge in [0.1, 0.15) is 11.2 Å². The molecule has 4 nitrogen and oxygen atoms in total. The van der Waals surface area contributed by atoms with Crippen LogP contribution in [0.15, 0.2) is 180 Å². The summed E-state index contributed by atoms with van der Waals surface area (Å²) in [6.45, 7) is 0. The highest BCUT2D eigenvalue weighted by atomic mass is 32.1. The van der Waals surface area contributed by atoms with Gasteiger partial charge in [0, 0.05) is 58.1 Å². The topological polar surface area (TPSA) is 51.8 Å². The van der Waals surface area contributed by atoms with Gasteiger partial charge in [-0.25, -0.2) is 15.0 Å². The number of fused-ring (bicyclic) bond motifs is 6. The van der Waals surface area contributed by atoms with E-state index in [1.807, 2.05) is 42.5 Å². The molecular formula is C49H29N3OS2. The molecule has 0 aliphatic rings. The van der Waals surface area contributed by atoms with Crippen LogP contribution in [-0.2, 0) is 0 Å². The second-order valence-electron chi connectivity index (χ2n) is 13.2. The van der Waals surface area contributed by atoms with Crippen molar-refractivity contribution in [2.45, 2.75) is 0 Å². The van der Waals surface area contributed by atoms with Crippen molar-refractivity contribution in [1.82, 2.24) is 15.0 Å². The number of para-hydroxylation sites is 2. The molecule has 0 fully saturated rings. The van der Waals surface area contributed by atoms with Crippen LogP contribution in [0.25, 0.3) is 109 Å². The van der Waals surface area contributed by atoms with E-state index in [1.165, 1.54) is 20.5 Å². The van der Waals surface area contributed by atoms with Crippen LogP contribution in [0, 0.1) is 0 Å². The fourth-order valence-corrected chi connectivity index (χ4v) is 9.42. The molecule has 0 radical (unpaired) electrons. The lowest BCUT2D eigenvalue weighted by molar-refractivity contribution is 0.670. The number of rotatable bonds is 6. The fraction of sp³-hybridized carbons (Fsp3) is 0. The molecule has 0 unspecified atom stereocenters. The summed E-state index contributed by atoms with van der Waals surface area (Å²) in [6.07, 6.45) is 0. The summed E-state index contributed by atoms with van der Waals surface area (Å²) in [5, 5.41) is 6.35. The Hall–Kier alpha value is -6.73. The zero-order valence-electron chi connectivity index (χ0n) is 33.9. The predicted molar refractivity (Wildman–Crippen MR) is 230 cm³/mol. The van der Waals surface area contributed by atoms with Crippen molar-refractivity contribution in [2.75, 3.05) is 0 Å². The van der Waals surface area contributed by atoms with E-state index in [-0.39, 0.29) is 29.7 Å². The van der Waals surface area contributed by atoms with E-state index in [0.717, 1.165) is 43.1 Å². The predicted octanol–water partition coefficient (Wildman–Crippen LogP) is 14.2. The Bertz CT molecular complexity index is 3460. The molecule has 0 bridgehead atoms. The van der Waals surface area contributed by atoms with Crippen molar-refractivity contribution in [3.8, 4) is 66.9 Å². The zero-order valence-corrected chi connectivity index (χ0v) is 30.6. The molecule has 11 rings (SSSR count). The third-order valence-electron chi connectivity index (χ3n) is 9.97. The molecule has 0 saturated heterocycles. The van der Waals surface area contributed by atoms with Gasteiger partial charge in [0.2, 0.25) is 0 Å². The van der Waals surface area contributed by atoms with Gasteiger partial charge < -0.3 is 4.42 Å². The van der Waals surface area contributed by atoms with E-state index >= 15 is 0 Å². The Morgan fingerprint density at radius 3 is 1.85 bits per heavy atom. The number of hydrogen-bond donors (Lipinski definition) is 0.